The number of pyridine rings is 1. The molecule has 0 aliphatic carbocycles. The van der Waals surface area contributed by atoms with Crippen LogP contribution in [0, 0.1) is 3.57 Å². The molecule has 0 amide bonds. The molecule has 0 saturated carbocycles. The minimum Gasteiger partial charge on any atom is -0.343 e. The molecular weight excluding hydrogens is 366 g/mol. The summed E-state index contributed by atoms with van der Waals surface area (Å²) in [5, 5.41) is -0.732. The first-order valence-corrected chi connectivity index (χ1v) is 6.78. The number of hydrogen-bond donors (Lipinski definition) is 1. The summed E-state index contributed by atoms with van der Waals surface area (Å²) in [6, 6.07) is 0.663. The number of H-pyrrole nitrogens is 1. The highest BCUT2D eigenvalue weighted by Gasteiger charge is 2.20. The molecule has 0 bridgehead atoms. The summed E-state index contributed by atoms with van der Waals surface area (Å²) in [4.78, 5) is 13.0. The molecule has 4 nitrogen and oxygen atoms in total. The van der Waals surface area contributed by atoms with E-state index in [9.17, 15) is 22.0 Å². The standard InChI is InChI=1S/C6H3ClF2INO3S/c7-15(13,14)3-1-2(12)4(10)5(11-3)6(8)9/h1,6H,(H,11,12). The molecule has 0 radical (unpaired) electrons. The normalized spacial score (nSPS) is 12.1. The molecule has 1 rings (SSSR count). The van der Waals surface area contributed by atoms with Gasteiger partial charge in [0, 0.05) is 16.7 Å². The summed E-state index contributed by atoms with van der Waals surface area (Å²) in [5.74, 6) is 0. The fourth-order valence-electron chi connectivity index (χ4n) is 0.821. The van der Waals surface area contributed by atoms with E-state index in [1.807, 2.05) is 4.98 Å². The molecule has 15 heavy (non-hydrogen) atoms. The summed E-state index contributed by atoms with van der Waals surface area (Å²) in [6.45, 7) is 0. The lowest BCUT2D eigenvalue weighted by atomic mass is 10.3. The lowest BCUT2D eigenvalue weighted by Crippen LogP contribution is -2.14. The van der Waals surface area contributed by atoms with Crippen LogP contribution in [0.1, 0.15) is 12.1 Å². The van der Waals surface area contributed by atoms with Gasteiger partial charge in [-0.1, -0.05) is 0 Å². The zero-order valence-corrected chi connectivity index (χ0v) is 10.5. The maximum Gasteiger partial charge on any atom is 0.279 e. The van der Waals surface area contributed by atoms with Gasteiger partial charge in [-0.05, 0) is 22.6 Å². The Hall–Kier alpha value is -0.220. The number of aromatic nitrogens is 1. The number of nitrogens with one attached hydrogen (secondary N) is 1. The van der Waals surface area contributed by atoms with Crippen molar-refractivity contribution in [1.82, 2.24) is 4.98 Å². The number of alkyl halides is 2. The summed E-state index contributed by atoms with van der Waals surface area (Å²) in [5.41, 5.74) is -1.56. The van der Waals surface area contributed by atoms with Crippen molar-refractivity contribution in [3.8, 4) is 0 Å². The molecular formula is C6H3ClF2INO3S. The second-order valence-electron chi connectivity index (χ2n) is 2.46. The minimum absolute atomic E-state index is 0.258. The van der Waals surface area contributed by atoms with E-state index in [1.165, 1.54) is 22.6 Å². The topological polar surface area (TPSA) is 67.0 Å². The van der Waals surface area contributed by atoms with E-state index >= 15 is 0 Å². The molecule has 1 N–H and O–H groups in total. The maximum absolute atomic E-state index is 12.4. The molecule has 9 heteroatoms. The van der Waals surface area contributed by atoms with Gasteiger partial charge < -0.3 is 4.98 Å². The van der Waals surface area contributed by atoms with Crippen molar-refractivity contribution >= 4 is 42.3 Å². The van der Waals surface area contributed by atoms with E-state index in [0.29, 0.717) is 6.07 Å². The van der Waals surface area contributed by atoms with Gasteiger partial charge in [0.25, 0.3) is 15.5 Å². The first-order valence-electron chi connectivity index (χ1n) is 3.39. The molecule has 0 aromatic carbocycles. The molecule has 0 fully saturated rings. The van der Waals surface area contributed by atoms with Gasteiger partial charge in [-0.25, -0.2) is 17.2 Å². The third-order valence-corrected chi connectivity index (χ3v) is 3.81. The van der Waals surface area contributed by atoms with Crippen LogP contribution in [0.5, 0.6) is 0 Å². The highest BCUT2D eigenvalue weighted by Crippen LogP contribution is 2.22. The van der Waals surface area contributed by atoms with Crippen LogP contribution in [-0.2, 0) is 9.05 Å². The van der Waals surface area contributed by atoms with Crippen LogP contribution in [0.3, 0.4) is 0 Å². The van der Waals surface area contributed by atoms with Gasteiger partial charge in [-0.2, -0.15) is 0 Å². The Morgan fingerprint density at radius 3 is 2.40 bits per heavy atom. The van der Waals surface area contributed by atoms with Crippen LogP contribution in [0.25, 0.3) is 0 Å². The fourth-order valence-corrected chi connectivity index (χ4v) is 2.08. The van der Waals surface area contributed by atoms with Gasteiger partial charge in [0.2, 0.25) is 0 Å². The first kappa shape index (κ1) is 12.8. The largest absolute Gasteiger partial charge is 0.343 e. The van der Waals surface area contributed by atoms with Crippen molar-refractivity contribution < 1.29 is 17.2 Å². The van der Waals surface area contributed by atoms with Gasteiger partial charge in [-0.15, -0.1) is 0 Å². The number of hydrogen-bond acceptors (Lipinski definition) is 3. The van der Waals surface area contributed by atoms with E-state index in [0.717, 1.165) is 0 Å². The number of aromatic amines is 1. The molecule has 1 aromatic heterocycles. The monoisotopic (exact) mass is 369 g/mol. The molecule has 84 valence electrons. The highest BCUT2D eigenvalue weighted by molar-refractivity contribution is 14.1. The predicted octanol–water partition coefficient (Wildman–Crippen LogP) is 1.84. The van der Waals surface area contributed by atoms with Crippen LogP contribution >= 0.6 is 33.3 Å². The van der Waals surface area contributed by atoms with Crippen molar-refractivity contribution in [1.29, 1.82) is 0 Å². The smallest absolute Gasteiger partial charge is 0.279 e. The lowest BCUT2D eigenvalue weighted by molar-refractivity contribution is 0.144. The predicted molar refractivity (Wildman–Crippen MR) is 57.8 cm³/mol. The Morgan fingerprint density at radius 2 is 2.00 bits per heavy atom. The molecule has 1 aromatic rings. The summed E-state index contributed by atoms with van der Waals surface area (Å²) < 4.78 is 46.1. The quantitative estimate of drug-likeness (QED) is 0.639. The van der Waals surface area contributed by atoms with Gasteiger partial charge >= 0.3 is 0 Å². The van der Waals surface area contributed by atoms with E-state index < -0.39 is 31.6 Å². The van der Waals surface area contributed by atoms with E-state index in [-0.39, 0.29) is 3.57 Å². The van der Waals surface area contributed by atoms with Crippen molar-refractivity contribution in [3.05, 3.63) is 25.6 Å². The van der Waals surface area contributed by atoms with Crippen LogP contribution < -0.4 is 5.43 Å². The molecule has 0 saturated heterocycles. The minimum atomic E-state index is -4.22. The van der Waals surface area contributed by atoms with Crippen LogP contribution in [0.4, 0.5) is 8.78 Å². The average molecular weight is 370 g/mol. The van der Waals surface area contributed by atoms with Crippen molar-refractivity contribution in [2.45, 2.75) is 11.5 Å². The van der Waals surface area contributed by atoms with Crippen molar-refractivity contribution in [2.75, 3.05) is 0 Å². The Kier molecular flexibility index (Phi) is 3.71. The molecule has 0 unspecified atom stereocenters. The second-order valence-corrected chi connectivity index (χ2v) is 6.08. The van der Waals surface area contributed by atoms with Gasteiger partial charge in [0.05, 0.1) is 3.57 Å². The van der Waals surface area contributed by atoms with Crippen LogP contribution in [-0.4, -0.2) is 13.4 Å². The van der Waals surface area contributed by atoms with Crippen molar-refractivity contribution in [3.63, 3.8) is 0 Å². The van der Waals surface area contributed by atoms with Gasteiger partial charge in [0.15, 0.2) is 10.5 Å². The van der Waals surface area contributed by atoms with Gasteiger partial charge in [0.1, 0.15) is 5.69 Å². The zero-order valence-electron chi connectivity index (χ0n) is 6.80. The molecule has 0 aliphatic rings. The summed E-state index contributed by atoms with van der Waals surface area (Å²) in [7, 11) is 0.696. The average Bonchev–Trinajstić information content (AvgIpc) is 2.06. The van der Waals surface area contributed by atoms with E-state index in [1.54, 1.807) is 0 Å². The Morgan fingerprint density at radius 1 is 1.47 bits per heavy atom. The fraction of sp³-hybridized carbons (Fsp3) is 0.167. The van der Waals surface area contributed by atoms with E-state index in [2.05, 4.69) is 0 Å². The summed E-state index contributed by atoms with van der Waals surface area (Å²) in [6.07, 6.45) is -2.97. The zero-order chi connectivity index (χ0) is 11.8. The molecule has 0 spiro atoms. The highest BCUT2D eigenvalue weighted by atomic mass is 127. The Bertz CT molecular complexity index is 542. The lowest BCUT2D eigenvalue weighted by Gasteiger charge is -2.04. The van der Waals surface area contributed by atoms with Gasteiger partial charge in [-0.3, -0.25) is 4.79 Å². The third kappa shape index (κ3) is 2.88. The van der Waals surface area contributed by atoms with Crippen LogP contribution in [0.2, 0.25) is 0 Å². The second kappa shape index (κ2) is 4.34. The van der Waals surface area contributed by atoms with E-state index in [4.69, 9.17) is 10.7 Å². The Balaban J connectivity index is 3.58. The first-order chi connectivity index (χ1) is 6.73. The SMILES string of the molecule is O=c1cc(S(=O)(=O)Cl)[nH]c(C(F)F)c1I. The molecule has 0 atom stereocenters. The number of rotatable bonds is 2. The van der Waals surface area contributed by atoms with Crippen LogP contribution in [0.15, 0.2) is 15.9 Å². The molecule has 0 aliphatic heterocycles. The Labute approximate surface area is 101 Å². The third-order valence-electron chi connectivity index (χ3n) is 1.45. The maximum atomic E-state index is 12.4. The molecule has 1 heterocycles. The number of halogens is 4. The summed E-state index contributed by atoms with van der Waals surface area (Å²) >= 11 is 1.40. The van der Waals surface area contributed by atoms with Crippen molar-refractivity contribution in [2.24, 2.45) is 0 Å².